The largest absolute Gasteiger partial charge is 0.390 e. The highest BCUT2D eigenvalue weighted by Gasteiger charge is 2.65. The monoisotopic (exact) mass is 1580 g/mol. The number of H-pyrrole nitrogens is 1. The standard InChI is InChI=1S/C29H39ClN2O2.C28H38ClN3O2.C22H35BrO2.C7H5ClN2.3CH4/c1-27(34)12-13-28(2)19(15-27)5-7-21-22-8-9-24(29(22,3)11-10-23(21)28)26(33)17-32-25-14-20(30)6-4-18(25)16-31-32;1-26(34)12-13-27(2)17(15-26)4-6-19-20-7-8-22(28(20,3)11-10-21(19)27)25(33)16-32-30-23-9-5-18(29)14-24(23)31-32;1-20(25)10-11-21(2)14(12-20)4-5-15-16-6-7-18(19(24)13-23)22(16,3)9-8-17(15)21;8-6-2-1-5-4-9-10-7(5)3-6;;;/h4,6,14,16,19,21-24,34H,5,7-13,15,17H2,1-3H3;5,9,14,17,19-22,34H,4,6-8,10-13,15-16H2,1-3H3;14-18,25H,4-13H2,1-3H3;1-4H,(H,9,10);3*1H4/t19-,21+,22+,23+,24-,27-,28+,29+;17-,19+,20+,21+,22-,26-,27+,28+;14-,15+,16+,17+,18-,20-,21+,22+;;;;/m111..../s1. The minimum absolute atomic E-state index is 0. The molecule has 0 unspecified atom stereocenters. The molecule has 0 amide bonds. The molecule has 3 aromatic heterocycles. The van der Waals surface area contributed by atoms with Crippen LogP contribution in [0.4, 0.5) is 0 Å². The predicted molar refractivity (Wildman–Crippen MR) is 435 cm³/mol. The number of nitrogens with one attached hydrogen (secondary N) is 1. The van der Waals surface area contributed by atoms with Gasteiger partial charge in [-0.1, -0.05) is 115 Å². The number of aliphatic hydroxyl groups is 3. The SMILES string of the molecule is C.C.C.C[C@@]1(O)CC[C@@]2(C)[C@H](CC[C@@H]3[C@@H]2CC[C@]2(C)[C@@H](C(=O)CBr)CC[C@@H]32)C1.C[C@@]1(O)CC[C@@]2(C)[C@H](CC[C@@H]3[C@@H]2CC[C@]2(C)[C@@H](C(=O)Cn4nc5ccc(Cl)cc5n4)CC[C@@H]32)C1.C[C@@]1(O)CC[C@@]2(C)[C@H](CC[C@@H]3[C@@H]2CC[C@]2(C)[C@@H](C(=O)Cn4ncc5ccc(Cl)cc54)CC[C@@H]32)C1.Clc1ccc2cn[nH]c2c1. The third-order valence-electron chi connectivity index (χ3n) is 33.2. The molecule has 584 valence electrons. The van der Waals surface area contributed by atoms with Crippen LogP contribution >= 0.6 is 50.7 Å². The fourth-order valence-corrected chi connectivity index (χ4v) is 28.5. The van der Waals surface area contributed by atoms with Gasteiger partial charge in [0.05, 0.1) is 45.6 Å². The zero-order valence-corrected chi connectivity index (χ0v) is 66.8. The smallest absolute Gasteiger partial charge is 0.159 e. The fourth-order valence-electron chi connectivity index (χ4n) is 27.6. The number of aromatic nitrogens is 7. The molecule has 3 aromatic carbocycles. The van der Waals surface area contributed by atoms with Gasteiger partial charge >= 0.3 is 0 Å². The number of halogens is 4. The number of Topliss-reactive ketones (excluding diaryl/α,β-unsaturated/α-hetero) is 3. The van der Waals surface area contributed by atoms with Crippen LogP contribution in [0.5, 0.6) is 0 Å². The van der Waals surface area contributed by atoms with Gasteiger partial charge in [-0.15, -0.1) is 0 Å². The maximum absolute atomic E-state index is 13.7. The first-order valence-electron chi connectivity index (χ1n) is 40.3. The molecular weight excluding hydrogens is 1450 g/mol. The summed E-state index contributed by atoms with van der Waals surface area (Å²) in [5.74, 6) is 10.3. The van der Waals surface area contributed by atoms with E-state index in [0.717, 1.165) is 156 Å². The molecule has 17 heteroatoms. The third-order valence-corrected chi connectivity index (χ3v) is 34.4. The van der Waals surface area contributed by atoms with E-state index in [1.54, 1.807) is 17.1 Å². The molecule has 18 rings (SSSR count). The van der Waals surface area contributed by atoms with Gasteiger partial charge in [-0.25, -0.2) is 0 Å². The summed E-state index contributed by atoms with van der Waals surface area (Å²) in [6, 6.07) is 16.9. The number of ketones is 3. The number of hydrogen-bond donors (Lipinski definition) is 4. The summed E-state index contributed by atoms with van der Waals surface area (Å²) in [4.78, 5) is 41.4. The van der Waals surface area contributed by atoms with E-state index in [-0.39, 0.29) is 62.8 Å². The Balaban J connectivity index is 0.000000139. The van der Waals surface area contributed by atoms with Crippen LogP contribution in [0.25, 0.3) is 32.8 Å². The molecule has 0 radical (unpaired) electrons. The highest BCUT2D eigenvalue weighted by Crippen LogP contribution is 2.72. The van der Waals surface area contributed by atoms with Crippen molar-refractivity contribution in [3.8, 4) is 0 Å². The molecular formula is C89H129BrCl3N7O6. The number of fused-ring (bicyclic) bond motifs is 18. The summed E-state index contributed by atoms with van der Waals surface area (Å²) < 4.78 is 1.85. The molecule has 106 heavy (non-hydrogen) atoms. The third kappa shape index (κ3) is 14.6. The van der Waals surface area contributed by atoms with E-state index in [2.05, 4.69) is 83.0 Å². The molecule has 0 spiro atoms. The number of aromatic amines is 1. The van der Waals surface area contributed by atoms with Gasteiger partial charge in [0.15, 0.2) is 11.6 Å². The fraction of sp³-hybridized carbons (Fsp3) is 0.742. The predicted octanol–water partition coefficient (Wildman–Crippen LogP) is 22.2. The summed E-state index contributed by atoms with van der Waals surface area (Å²) in [5.41, 5.74) is 3.64. The Hall–Kier alpha value is -3.76. The molecule has 13 nitrogen and oxygen atoms in total. The van der Waals surface area contributed by atoms with Crippen molar-refractivity contribution in [3.05, 3.63) is 82.1 Å². The van der Waals surface area contributed by atoms with Gasteiger partial charge in [0.2, 0.25) is 0 Å². The number of carbonyl (C=O) groups excluding carboxylic acids is 3. The van der Waals surface area contributed by atoms with E-state index >= 15 is 0 Å². The Kier molecular flexibility index (Phi) is 23.4. The number of hydrogen-bond acceptors (Lipinski definition) is 10. The molecule has 24 atom stereocenters. The summed E-state index contributed by atoms with van der Waals surface area (Å²) in [5, 5.41) is 57.0. The zero-order chi connectivity index (χ0) is 72.8. The van der Waals surface area contributed by atoms with Crippen molar-refractivity contribution in [1.82, 2.24) is 35.0 Å². The summed E-state index contributed by atoms with van der Waals surface area (Å²) >= 11 is 21.5. The lowest BCUT2D eigenvalue weighted by Gasteiger charge is -2.61. The van der Waals surface area contributed by atoms with Crippen LogP contribution in [0.3, 0.4) is 0 Å². The molecule has 3 heterocycles. The van der Waals surface area contributed by atoms with E-state index in [0.29, 0.717) is 85.1 Å². The van der Waals surface area contributed by atoms with Gasteiger partial charge in [0.25, 0.3) is 0 Å². The lowest BCUT2D eigenvalue weighted by Crippen LogP contribution is -2.55. The van der Waals surface area contributed by atoms with Crippen molar-refractivity contribution in [1.29, 1.82) is 0 Å². The van der Waals surface area contributed by atoms with Crippen LogP contribution in [-0.2, 0) is 27.5 Å². The lowest BCUT2D eigenvalue weighted by molar-refractivity contribution is -0.151. The molecule has 12 aliphatic rings. The van der Waals surface area contributed by atoms with Gasteiger partial charge in [-0.2, -0.15) is 25.2 Å². The maximum Gasteiger partial charge on any atom is 0.159 e. The Morgan fingerprint density at radius 1 is 0.443 bits per heavy atom. The Bertz CT molecular complexity index is 4160. The van der Waals surface area contributed by atoms with Crippen molar-refractivity contribution < 1.29 is 29.7 Å². The quantitative estimate of drug-likeness (QED) is 0.107. The highest BCUT2D eigenvalue weighted by molar-refractivity contribution is 9.09. The normalized spacial score (nSPS) is 42.1. The van der Waals surface area contributed by atoms with Gasteiger partial charge in [-0.05, 0) is 352 Å². The van der Waals surface area contributed by atoms with Crippen molar-refractivity contribution >= 4 is 101 Å². The van der Waals surface area contributed by atoms with Crippen LogP contribution in [0.1, 0.15) is 258 Å². The van der Waals surface area contributed by atoms with E-state index in [4.69, 9.17) is 34.8 Å². The second kappa shape index (κ2) is 30.3. The topological polar surface area (TPSA) is 189 Å². The first-order valence-corrected chi connectivity index (χ1v) is 42.5. The second-order valence-corrected chi connectivity index (χ2v) is 40.5. The van der Waals surface area contributed by atoms with Crippen LogP contribution < -0.4 is 0 Å². The van der Waals surface area contributed by atoms with E-state index in [1.165, 1.54) is 96.3 Å². The van der Waals surface area contributed by atoms with E-state index < -0.39 is 16.8 Å². The zero-order valence-electron chi connectivity index (χ0n) is 63.0. The number of benzene rings is 3. The van der Waals surface area contributed by atoms with E-state index in [1.807, 2.05) is 80.2 Å². The summed E-state index contributed by atoms with van der Waals surface area (Å²) in [6.07, 6.45) is 34.7. The molecule has 0 bridgehead atoms. The average Bonchev–Trinajstić information content (AvgIpc) is 1.17. The molecule has 0 aliphatic heterocycles. The first-order chi connectivity index (χ1) is 48.8. The van der Waals surface area contributed by atoms with Crippen LogP contribution in [0.15, 0.2) is 67.0 Å². The first kappa shape index (κ1) is 81.7. The van der Waals surface area contributed by atoms with Crippen LogP contribution in [0, 0.1) is 121 Å². The van der Waals surface area contributed by atoms with Crippen molar-refractivity contribution in [2.45, 2.75) is 288 Å². The molecule has 4 N–H and O–H groups in total. The number of rotatable bonds is 8. The number of carbonyl (C=O) groups is 3. The van der Waals surface area contributed by atoms with Crippen LogP contribution in [0.2, 0.25) is 15.1 Å². The van der Waals surface area contributed by atoms with Gasteiger partial charge < -0.3 is 15.3 Å². The molecule has 12 aliphatic carbocycles. The molecule has 12 fully saturated rings. The van der Waals surface area contributed by atoms with Crippen LogP contribution in [-0.4, -0.2) is 89.8 Å². The second-order valence-electron chi connectivity index (χ2n) is 38.6. The number of alkyl halides is 1. The minimum Gasteiger partial charge on any atom is -0.390 e. The highest BCUT2D eigenvalue weighted by atomic mass is 79.9. The van der Waals surface area contributed by atoms with E-state index in [9.17, 15) is 29.7 Å². The molecule has 12 saturated carbocycles. The van der Waals surface area contributed by atoms with Gasteiger partial charge in [0, 0.05) is 43.6 Å². The Labute approximate surface area is 657 Å². The molecule has 0 saturated heterocycles. The van der Waals surface area contributed by atoms with Crippen molar-refractivity contribution in [3.63, 3.8) is 0 Å². The van der Waals surface area contributed by atoms with Crippen molar-refractivity contribution in [2.24, 2.45) is 121 Å². The van der Waals surface area contributed by atoms with Gasteiger partial charge in [-0.3, -0.25) is 24.2 Å². The Morgan fingerprint density at radius 2 is 0.840 bits per heavy atom. The Morgan fingerprint density at radius 3 is 1.30 bits per heavy atom. The summed E-state index contributed by atoms with van der Waals surface area (Å²) in [6.45, 7) is 21.6. The summed E-state index contributed by atoms with van der Waals surface area (Å²) in [7, 11) is 0. The lowest BCUT2D eigenvalue weighted by atomic mass is 9.44. The van der Waals surface area contributed by atoms with Gasteiger partial charge in [0.1, 0.15) is 29.9 Å². The van der Waals surface area contributed by atoms with Crippen molar-refractivity contribution in [2.75, 3.05) is 5.33 Å². The number of nitrogens with zero attached hydrogens (tertiary/aromatic N) is 6. The maximum atomic E-state index is 13.7. The minimum atomic E-state index is -0.484. The molecule has 6 aromatic rings. The average molecular weight is 1580 g/mol.